The molecule has 0 bridgehead atoms. The van der Waals surface area contributed by atoms with Crippen LogP contribution in [0.15, 0.2) is 53.4 Å². The average molecular weight is 333 g/mol. The Labute approximate surface area is 136 Å². The lowest BCUT2D eigenvalue weighted by atomic mass is 10.1. The molecule has 0 heterocycles. The van der Waals surface area contributed by atoms with E-state index in [1.807, 2.05) is 24.3 Å². The number of ether oxygens (including phenoxy) is 1. The van der Waals surface area contributed by atoms with E-state index in [1.165, 1.54) is 19.1 Å². The Hall–Kier alpha value is -2.18. The van der Waals surface area contributed by atoms with E-state index in [4.69, 9.17) is 4.74 Å². The fraction of sp³-hybridized carbons (Fsp3) is 0.235. The number of benzene rings is 2. The number of hydrogen-bond donors (Lipinski definition) is 1. The van der Waals surface area contributed by atoms with Crippen LogP contribution < -0.4 is 9.46 Å². The molecule has 0 unspecified atom stereocenters. The Kier molecular flexibility index (Phi) is 5.52. The van der Waals surface area contributed by atoms with Gasteiger partial charge >= 0.3 is 0 Å². The standard InChI is InChI=1S/C17H19NO4S/c1-13(19)15-6-4-8-17(12-15)23(20,21)18-10-9-14-5-3-7-16(11-14)22-2/h3-8,11-12,18H,9-10H2,1-2H3. The van der Waals surface area contributed by atoms with Gasteiger partial charge in [-0.25, -0.2) is 13.1 Å². The number of sulfonamides is 1. The molecule has 0 spiro atoms. The molecule has 0 saturated heterocycles. The van der Waals surface area contributed by atoms with Gasteiger partial charge in [0.15, 0.2) is 5.78 Å². The number of ketones is 1. The van der Waals surface area contributed by atoms with Gasteiger partial charge in [0, 0.05) is 12.1 Å². The minimum Gasteiger partial charge on any atom is -0.497 e. The van der Waals surface area contributed by atoms with Crippen LogP contribution in [0.5, 0.6) is 5.75 Å². The highest BCUT2D eigenvalue weighted by atomic mass is 32.2. The lowest BCUT2D eigenvalue weighted by molar-refractivity contribution is 0.101. The Morgan fingerprint density at radius 2 is 1.87 bits per heavy atom. The molecule has 0 aliphatic carbocycles. The maximum absolute atomic E-state index is 12.3. The van der Waals surface area contributed by atoms with Crippen molar-refractivity contribution in [3.05, 3.63) is 59.7 Å². The SMILES string of the molecule is COc1cccc(CCNS(=O)(=O)c2cccc(C(C)=O)c2)c1. The number of rotatable bonds is 7. The van der Waals surface area contributed by atoms with Crippen LogP contribution in [0.1, 0.15) is 22.8 Å². The third kappa shape index (κ3) is 4.64. The van der Waals surface area contributed by atoms with Crippen molar-refractivity contribution in [2.75, 3.05) is 13.7 Å². The lowest BCUT2D eigenvalue weighted by Gasteiger charge is -2.08. The molecule has 1 N–H and O–H groups in total. The van der Waals surface area contributed by atoms with Crippen LogP contribution in [0.25, 0.3) is 0 Å². The van der Waals surface area contributed by atoms with Crippen molar-refractivity contribution in [3.63, 3.8) is 0 Å². The van der Waals surface area contributed by atoms with Gasteiger partial charge in [0.2, 0.25) is 10.0 Å². The van der Waals surface area contributed by atoms with Crippen molar-refractivity contribution in [1.82, 2.24) is 4.72 Å². The molecule has 0 aliphatic heterocycles. The molecule has 0 fully saturated rings. The molecule has 0 atom stereocenters. The summed E-state index contributed by atoms with van der Waals surface area (Å²) < 4.78 is 32.2. The zero-order valence-corrected chi connectivity index (χ0v) is 13.9. The zero-order valence-electron chi connectivity index (χ0n) is 13.1. The average Bonchev–Trinajstić information content (AvgIpc) is 2.55. The van der Waals surface area contributed by atoms with Gasteiger partial charge in [-0.15, -0.1) is 0 Å². The summed E-state index contributed by atoms with van der Waals surface area (Å²) in [6, 6.07) is 13.5. The fourth-order valence-corrected chi connectivity index (χ4v) is 3.20. The molecule has 23 heavy (non-hydrogen) atoms. The Morgan fingerprint density at radius 1 is 1.13 bits per heavy atom. The molecule has 122 valence electrons. The van der Waals surface area contributed by atoms with E-state index < -0.39 is 10.0 Å². The van der Waals surface area contributed by atoms with Crippen LogP contribution in [-0.2, 0) is 16.4 Å². The Balaban J connectivity index is 2.04. The van der Waals surface area contributed by atoms with Crippen molar-refractivity contribution in [2.45, 2.75) is 18.2 Å². The molecule has 0 saturated carbocycles. The summed E-state index contributed by atoms with van der Waals surface area (Å²) in [5, 5.41) is 0. The van der Waals surface area contributed by atoms with Crippen LogP contribution in [0.4, 0.5) is 0 Å². The molecule has 5 nitrogen and oxygen atoms in total. The molecule has 0 aliphatic rings. The predicted octanol–water partition coefficient (Wildman–Crippen LogP) is 2.42. The van der Waals surface area contributed by atoms with E-state index in [1.54, 1.807) is 19.2 Å². The first kappa shape index (κ1) is 17.2. The van der Waals surface area contributed by atoms with Gasteiger partial charge < -0.3 is 4.74 Å². The molecule has 2 aromatic rings. The lowest BCUT2D eigenvalue weighted by Crippen LogP contribution is -2.26. The third-order valence-corrected chi connectivity index (χ3v) is 4.85. The minimum absolute atomic E-state index is 0.0934. The van der Waals surface area contributed by atoms with Crippen LogP contribution in [0.3, 0.4) is 0 Å². The molecule has 0 radical (unpaired) electrons. The second kappa shape index (κ2) is 7.39. The smallest absolute Gasteiger partial charge is 0.240 e. The van der Waals surface area contributed by atoms with Gasteiger partial charge in [-0.2, -0.15) is 0 Å². The number of hydrogen-bond acceptors (Lipinski definition) is 4. The maximum atomic E-state index is 12.3. The van der Waals surface area contributed by atoms with Gasteiger partial charge in [-0.05, 0) is 43.2 Å². The van der Waals surface area contributed by atoms with Gasteiger partial charge in [0.25, 0.3) is 0 Å². The second-order valence-electron chi connectivity index (χ2n) is 5.08. The summed E-state index contributed by atoms with van der Waals surface area (Å²) in [5.41, 5.74) is 1.35. The highest BCUT2D eigenvalue weighted by Gasteiger charge is 2.14. The number of carbonyl (C=O) groups is 1. The molecule has 0 aromatic heterocycles. The van der Waals surface area contributed by atoms with E-state index in [0.29, 0.717) is 12.0 Å². The first-order valence-corrected chi connectivity index (χ1v) is 8.64. The van der Waals surface area contributed by atoms with Crippen LogP contribution in [-0.4, -0.2) is 27.9 Å². The monoisotopic (exact) mass is 333 g/mol. The second-order valence-corrected chi connectivity index (χ2v) is 6.85. The van der Waals surface area contributed by atoms with Crippen molar-refractivity contribution >= 4 is 15.8 Å². The van der Waals surface area contributed by atoms with Crippen LogP contribution in [0, 0.1) is 0 Å². The van der Waals surface area contributed by atoms with Gasteiger partial charge in [0.05, 0.1) is 12.0 Å². The molecule has 2 rings (SSSR count). The number of carbonyl (C=O) groups excluding carboxylic acids is 1. The Bertz CT molecular complexity index is 800. The van der Waals surface area contributed by atoms with E-state index >= 15 is 0 Å². The summed E-state index contributed by atoms with van der Waals surface area (Å²) in [6.45, 7) is 1.67. The maximum Gasteiger partial charge on any atom is 0.240 e. The molecule has 2 aromatic carbocycles. The van der Waals surface area contributed by atoms with Gasteiger partial charge in [-0.3, -0.25) is 4.79 Å². The summed E-state index contributed by atoms with van der Waals surface area (Å²) >= 11 is 0. The highest BCUT2D eigenvalue weighted by Crippen LogP contribution is 2.14. The van der Waals surface area contributed by atoms with E-state index in [2.05, 4.69) is 4.72 Å². The quantitative estimate of drug-likeness (QED) is 0.790. The van der Waals surface area contributed by atoms with Crippen LogP contribution >= 0.6 is 0 Å². The summed E-state index contributed by atoms with van der Waals surface area (Å²) in [7, 11) is -2.05. The minimum atomic E-state index is -3.64. The van der Waals surface area contributed by atoms with E-state index in [-0.39, 0.29) is 17.2 Å². The predicted molar refractivity (Wildman–Crippen MR) is 88.3 cm³/mol. The zero-order chi connectivity index (χ0) is 16.9. The van der Waals surface area contributed by atoms with Crippen molar-refractivity contribution in [3.8, 4) is 5.75 Å². The Morgan fingerprint density at radius 3 is 2.57 bits per heavy atom. The molecule has 0 amide bonds. The molecule has 6 heteroatoms. The van der Waals surface area contributed by atoms with Crippen molar-refractivity contribution in [2.24, 2.45) is 0 Å². The molecular formula is C17H19NO4S. The number of Topliss-reactive ketones (excluding diaryl/α,β-unsaturated/α-hetero) is 1. The highest BCUT2D eigenvalue weighted by molar-refractivity contribution is 7.89. The number of nitrogens with one attached hydrogen (secondary N) is 1. The van der Waals surface area contributed by atoms with E-state index in [9.17, 15) is 13.2 Å². The van der Waals surface area contributed by atoms with Crippen molar-refractivity contribution in [1.29, 1.82) is 0 Å². The van der Waals surface area contributed by atoms with Gasteiger partial charge in [-0.1, -0.05) is 24.3 Å². The first-order valence-electron chi connectivity index (χ1n) is 7.16. The third-order valence-electron chi connectivity index (χ3n) is 3.39. The first-order chi connectivity index (χ1) is 10.9. The summed E-state index contributed by atoms with van der Waals surface area (Å²) in [5.74, 6) is 0.568. The largest absolute Gasteiger partial charge is 0.497 e. The molecular weight excluding hydrogens is 314 g/mol. The van der Waals surface area contributed by atoms with E-state index in [0.717, 1.165) is 11.3 Å². The summed E-state index contributed by atoms with van der Waals surface area (Å²) in [6.07, 6.45) is 0.544. The van der Waals surface area contributed by atoms with Crippen LogP contribution in [0.2, 0.25) is 0 Å². The van der Waals surface area contributed by atoms with Gasteiger partial charge in [0.1, 0.15) is 5.75 Å². The topological polar surface area (TPSA) is 72.5 Å². The summed E-state index contributed by atoms with van der Waals surface area (Å²) in [4.78, 5) is 11.5. The fourth-order valence-electron chi connectivity index (χ4n) is 2.12. The number of methoxy groups -OCH3 is 1. The normalized spacial score (nSPS) is 11.2. The van der Waals surface area contributed by atoms with Crippen molar-refractivity contribution < 1.29 is 17.9 Å².